The molecule has 1 fully saturated rings. The second-order valence-electron chi connectivity index (χ2n) is 5.66. The average Bonchev–Trinajstić information content (AvgIpc) is 2.78. The fourth-order valence-electron chi connectivity index (χ4n) is 2.76. The maximum atomic E-state index is 11.7. The van der Waals surface area contributed by atoms with Crippen molar-refractivity contribution >= 4 is 5.91 Å². The lowest BCUT2D eigenvalue weighted by molar-refractivity contribution is -0.135. The number of aryl methyl sites for hydroxylation is 2. The highest BCUT2D eigenvalue weighted by Gasteiger charge is 2.15. The zero-order valence-corrected chi connectivity index (χ0v) is 12.4. The van der Waals surface area contributed by atoms with Crippen LogP contribution in [0.1, 0.15) is 62.0 Å². The van der Waals surface area contributed by atoms with Crippen LogP contribution in [0.25, 0.3) is 0 Å². The molecule has 1 saturated carbocycles. The van der Waals surface area contributed by atoms with E-state index in [-0.39, 0.29) is 5.91 Å². The summed E-state index contributed by atoms with van der Waals surface area (Å²) in [6.45, 7) is 4.00. The lowest BCUT2D eigenvalue weighted by Gasteiger charge is -2.20. The first kappa shape index (κ1) is 15.0. The molecule has 0 aliphatic heterocycles. The second kappa shape index (κ2) is 7.43. The molecule has 0 spiro atoms. The first-order chi connectivity index (χ1) is 9.66. The van der Waals surface area contributed by atoms with Crippen molar-refractivity contribution in [3.05, 3.63) is 17.0 Å². The first-order valence-electron chi connectivity index (χ1n) is 7.49. The summed E-state index contributed by atoms with van der Waals surface area (Å²) >= 11 is 0. The Morgan fingerprint density at radius 1 is 1.35 bits per heavy atom. The smallest absolute Gasteiger partial charge is 0.243 e. The van der Waals surface area contributed by atoms with Crippen LogP contribution < -0.4 is 5.48 Å². The molecule has 0 saturated heterocycles. The molecule has 0 aromatic carbocycles. The number of carbonyl (C=O) groups excluding carboxylic acids is 1. The summed E-state index contributed by atoms with van der Waals surface area (Å²) in [6.07, 6.45) is 8.04. The average molecular weight is 280 g/mol. The van der Waals surface area contributed by atoms with E-state index in [1.807, 2.05) is 13.8 Å². The molecule has 2 rings (SSSR count). The second-order valence-corrected chi connectivity index (χ2v) is 5.66. The Balaban J connectivity index is 1.62. The van der Waals surface area contributed by atoms with Crippen molar-refractivity contribution in [3.8, 4) is 0 Å². The van der Waals surface area contributed by atoms with Crippen LogP contribution in [0.5, 0.6) is 0 Å². The molecule has 20 heavy (non-hydrogen) atoms. The van der Waals surface area contributed by atoms with Crippen molar-refractivity contribution in [3.63, 3.8) is 0 Å². The highest BCUT2D eigenvalue weighted by atomic mass is 16.7. The minimum atomic E-state index is -0.0395. The number of aromatic nitrogens is 1. The highest BCUT2D eigenvalue weighted by Crippen LogP contribution is 2.27. The van der Waals surface area contributed by atoms with Gasteiger partial charge in [-0.15, -0.1) is 0 Å². The van der Waals surface area contributed by atoms with Crippen LogP contribution in [0.2, 0.25) is 0 Å². The summed E-state index contributed by atoms with van der Waals surface area (Å²) in [5.41, 5.74) is 4.21. The van der Waals surface area contributed by atoms with Gasteiger partial charge in [-0.1, -0.05) is 37.3 Å². The number of carbonyl (C=O) groups is 1. The summed E-state index contributed by atoms with van der Waals surface area (Å²) in [6, 6.07) is 0. The number of hydrogen-bond acceptors (Lipinski definition) is 4. The van der Waals surface area contributed by atoms with Gasteiger partial charge in [-0.05, 0) is 26.2 Å². The van der Waals surface area contributed by atoms with Gasteiger partial charge >= 0.3 is 0 Å². The van der Waals surface area contributed by atoms with Crippen LogP contribution in [0.4, 0.5) is 0 Å². The van der Waals surface area contributed by atoms with Gasteiger partial charge in [0.1, 0.15) is 12.4 Å². The van der Waals surface area contributed by atoms with Gasteiger partial charge in [0.05, 0.1) is 5.69 Å². The van der Waals surface area contributed by atoms with Gasteiger partial charge in [0, 0.05) is 12.0 Å². The van der Waals surface area contributed by atoms with E-state index in [0.717, 1.165) is 29.4 Å². The van der Waals surface area contributed by atoms with Gasteiger partial charge in [0.25, 0.3) is 0 Å². The predicted octanol–water partition coefficient (Wildman–Crippen LogP) is 3.20. The zero-order chi connectivity index (χ0) is 14.4. The van der Waals surface area contributed by atoms with E-state index in [1.54, 1.807) is 0 Å². The normalized spacial score (nSPS) is 16.3. The maximum absolute atomic E-state index is 11.7. The Morgan fingerprint density at radius 2 is 2.10 bits per heavy atom. The molecule has 5 nitrogen and oxygen atoms in total. The quantitative estimate of drug-likeness (QED) is 0.813. The van der Waals surface area contributed by atoms with Gasteiger partial charge < -0.3 is 4.52 Å². The summed E-state index contributed by atoms with van der Waals surface area (Å²) in [4.78, 5) is 17.0. The number of nitrogens with zero attached hydrogens (tertiary/aromatic N) is 1. The molecule has 5 heteroatoms. The van der Waals surface area contributed by atoms with E-state index in [0.29, 0.717) is 13.0 Å². The fraction of sp³-hybridized carbons (Fsp3) is 0.733. The maximum Gasteiger partial charge on any atom is 0.243 e. The Morgan fingerprint density at radius 3 is 2.75 bits per heavy atom. The molecule has 0 radical (unpaired) electrons. The number of amides is 1. The third-order valence-electron chi connectivity index (χ3n) is 4.09. The Labute approximate surface area is 120 Å². The zero-order valence-electron chi connectivity index (χ0n) is 12.4. The van der Waals surface area contributed by atoms with E-state index < -0.39 is 0 Å². The van der Waals surface area contributed by atoms with E-state index in [2.05, 4.69) is 10.6 Å². The Bertz CT molecular complexity index is 417. The number of rotatable bonds is 6. The molecular weight excluding hydrogens is 256 g/mol. The molecule has 1 heterocycles. The Kier molecular flexibility index (Phi) is 5.59. The SMILES string of the molecule is Cc1noc(C)c1CONC(=O)CCC1CCCCC1. The molecule has 1 N–H and O–H groups in total. The van der Waals surface area contributed by atoms with Gasteiger partial charge in [-0.2, -0.15) is 0 Å². The molecule has 0 bridgehead atoms. The number of hydroxylamine groups is 1. The van der Waals surface area contributed by atoms with Crippen LogP contribution in [0, 0.1) is 19.8 Å². The van der Waals surface area contributed by atoms with Crippen molar-refractivity contribution in [2.45, 2.75) is 65.4 Å². The molecule has 1 aliphatic carbocycles. The summed E-state index contributed by atoms with van der Waals surface area (Å²) in [7, 11) is 0. The highest BCUT2D eigenvalue weighted by molar-refractivity contribution is 5.74. The summed E-state index contributed by atoms with van der Waals surface area (Å²) in [5, 5.41) is 3.84. The molecule has 1 aromatic heterocycles. The molecule has 112 valence electrons. The van der Waals surface area contributed by atoms with Crippen LogP contribution in [0.3, 0.4) is 0 Å². The summed E-state index contributed by atoms with van der Waals surface area (Å²) < 4.78 is 5.04. The van der Waals surface area contributed by atoms with Crippen molar-refractivity contribution < 1.29 is 14.2 Å². The van der Waals surface area contributed by atoms with E-state index >= 15 is 0 Å². The monoisotopic (exact) mass is 280 g/mol. The standard InChI is InChI=1S/C15H24N2O3/c1-11-14(12(2)20-16-11)10-19-17-15(18)9-8-13-6-4-3-5-7-13/h13H,3-10H2,1-2H3,(H,17,18). The largest absolute Gasteiger partial charge is 0.361 e. The van der Waals surface area contributed by atoms with E-state index in [9.17, 15) is 4.79 Å². The van der Waals surface area contributed by atoms with E-state index in [1.165, 1.54) is 32.1 Å². The Hall–Kier alpha value is -1.36. The molecule has 1 aliphatic rings. The summed E-state index contributed by atoms with van der Waals surface area (Å²) in [5.74, 6) is 1.42. The van der Waals surface area contributed by atoms with Crippen molar-refractivity contribution in [1.29, 1.82) is 0 Å². The fourth-order valence-corrected chi connectivity index (χ4v) is 2.76. The molecular formula is C15H24N2O3. The van der Waals surface area contributed by atoms with Gasteiger partial charge in [-0.25, -0.2) is 5.48 Å². The molecule has 0 unspecified atom stereocenters. The third kappa shape index (κ3) is 4.34. The van der Waals surface area contributed by atoms with Crippen LogP contribution >= 0.6 is 0 Å². The predicted molar refractivity (Wildman–Crippen MR) is 74.7 cm³/mol. The van der Waals surface area contributed by atoms with Crippen LogP contribution in [-0.4, -0.2) is 11.1 Å². The van der Waals surface area contributed by atoms with Crippen molar-refractivity contribution in [2.24, 2.45) is 5.92 Å². The minimum Gasteiger partial charge on any atom is -0.361 e. The lowest BCUT2D eigenvalue weighted by Crippen LogP contribution is -2.24. The first-order valence-corrected chi connectivity index (χ1v) is 7.49. The van der Waals surface area contributed by atoms with Crippen molar-refractivity contribution in [2.75, 3.05) is 0 Å². The van der Waals surface area contributed by atoms with Crippen LogP contribution in [-0.2, 0) is 16.2 Å². The number of hydrogen-bond donors (Lipinski definition) is 1. The lowest BCUT2D eigenvalue weighted by atomic mass is 9.86. The third-order valence-corrected chi connectivity index (χ3v) is 4.09. The van der Waals surface area contributed by atoms with E-state index in [4.69, 9.17) is 9.36 Å². The molecule has 1 aromatic rings. The topological polar surface area (TPSA) is 64.4 Å². The molecule has 0 atom stereocenters. The van der Waals surface area contributed by atoms with Gasteiger partial charge in [0.2, 0.25) is 5.91 Å². The van der Waals surface area contributed by atoms with Gasteiger partial charge in [-0.3, -0.25) is 9.63 Å². The van der Waals surface area contributed by atoms with Crippen molar-refractivity contribution in [1.82, 2.24) is 10.6 Å². The van der Waals surface area contributed by atoms with Gasteiger partial charge in [0.15, 0.2) is 0 Å². The van der Waals surface area contributed by atoms with Crippen LogP contribution in [0.15, 0.2) is 4.52 Å². The molecule has 1 amide bonds. The number of nitrogens with one attached hydrogen (secondary N) is 1. The minimum absolute atomic E-state index is 0.0395.